The number of carbonyl (C=O) groups is 2. The van der Waals surface area contributed by atoms with Crippen molar-refractivity contribution in [3.8, 4) is 0 Å². The van der Waals surface area contributed by atoms with Crippen molar-refractivity contribution in [1.29, 1.82) is 0 Å². The second-order valence-corrected chi connectivity index (χ2v) is 6.74. The van der Waals surface area contributed by atoms with Crippen molar-refractivity contribution in [2.45, 2.75) is 13.1 Å². The van der Waals surface area contributed by atoms with Crippen molar-refractivity contribution in [2.24, 2.45) is 0 Å². The maximum Gasteiger partial charge on any atom is 0.416 e. The van der Waals surface area contributed by atoms with Gasteiger partial charge in [-0.1, -0.05) is 12.1 Å². The predicted molar refractivity (Wildman–Crippen MR) is 98.8 cm³/mol. The van der Waals surface area contributed by atoms with Crippen LogP contribution in [0.2, 0.25) is 0 Å². The van der Waals surface area contributed by atoms with Gasteiger partial charge in [-0.15, -0.1) is 0 Å². The zero-order valence-electron chi connectivity index (χ0n) is 15.3. The zero-order valence-corrected chi connectivity index (χ0v) is 15.3. The Morgan fingerprint density at radius 3 is 2.14 bits per heavy atom. The van der Waals surface area contributed by atoms with Crippen LogP contribution in [0.3, 0.4) is 0 Å². The summed E-state index contributed by atoms with van der Waals surface area (Å²) in [6.07, 6.45) is -4.50. The summed E-state index contributed by atoms with van der Waals surface area (Å²) in [6, 6.07) is 9.49. The Hall–Kier alpha value is -3.03. The molecule has 0 aliphatic carbocycles. The van der Waals surface area contributed by atoms with Gasteiger partial charge in [-0.3, -0.25) is 9.59 Å². The van der Waals surface area contributed by atoms with E-state index in [0.29, 0.717) is 24.3 Å². The Morgan fingerprint density at radius 2 is 1.54 bits per heavy atom. The Balaban J connectivity index is 1.68. The van der Waals surface area contributed by atoms with Gasteiger partial charge in [0.2, 0.25) is 0 Å². The lowest BCUT2D eigenvalue weighted by Gasteiger charge is -2.35. The number of benzene rings is 2. The first-order chi connectivity index (χ1) is 13.2. The highest BCUT2D eigenvalue weighted by molar-refractivity contribution is 5.97. The molecule has 8 heteroatoms. The van der Waals surface area contributed by atoms with E-state index in [1.54, 1.807) is 23.1 Å². The van der Waals surface area contributed by atoms with Gasteiger partial charge in [0.25, 0.3) is 11.8 Å². The van der Waals surface area contributed by atoms with Crippen LogP contribution in [0.1, 0.15) is 31.8 Å². The van der Waals surface area contributed by atoms with Gasteiger partial charge in [0.1, 0.15) is 0 Å². The van der Waals surface area contributed by atoms with E-state index in [4.69, 9.17) is 5.73 Å². The number of rotatable bonds is 2. The second kappa shape index (κ2) is 7.53. The van der Waals surface area contributed by atoms with Crippen LogP contribution in [-0.4, -0.2) is 47.8 Å². The second-order valence-electron chi connectivity index (χ2n) is 6.74. The number of alkyl halides is 3. The topological polar surface area (TPSA) is 66.6 Å². The number of nitrogens with zero attached hydrogens (tertiary/aromatic N) is 2. The fourth-order valence-electron chi connectivity index (χ4n) is 3.16. The van der Waals surface area contributed by atoms with Gasteiger partial charge in [-0.2, -0.15) is 13.2 Å². The van der Waals surface area contributed by atoms with Gasteiger partial charge < -0.3 is 15.5 Å². The smallest absolute Gasteiger partial charge is 0.399 e. The van der Waals surface area contributed by atoms with Gasteiger partial charge >= 0.3 is 6.18 Å². The molecule has 2 amide bonds. The van der Waals surface area contributed by atoms with Crippen LogP contribution in [0, 0.1) is 6.92 Å². The summed E-state index contributed by atoms with van der Waals surface area (Å²) >= 11 is 0. The third-order valence-electron chi connectivity index (χ3n) is 4.78. The molecule has 1 fully saturated rings. The van der Waals surface area contributed by atoms with Crippen molar-refractivity contribution in [1.82, 2.24) is 9.80 Å². The number of piperazine rings is 1. The summed E-state index contributed by atoms with van der Waals surface area (Å²) in [5.41, 5.74) is 6.70. The van der Waals surface area contributed by atoms with Gasteiger partial charge in [-0.25, -0.2) is 0 Å². The molecule has 3 rings (SSSR count). The fraction of sp³-hybridized carbons (Fsp3) is 0.300. The quantitative estimate of drug-likeness (QED) is 0.800. The third-order valence-corrected chi connectivity index (χ3v) is 4.78. The highest BCUT2D eigenvalue weighted by Gasteiger charge is 2.32. The molecule has 5 nitrogen and oxygen atoms in total. The Bertz CT molecular complexity index is 904. The molecule has 2 aromatic rings. The van der Waals surface area contributed by atoms with Gasteiger partial charge in [-0.05, 0) is 42.8 Å². The lowest BCUT2D eigenvalue weighted by molar-refractivity contribution is -0.137. The number of nitrogens with two attached hydrogens (primary N) is 1. The molecule has 0 bridgehead atoms. The average molecular weight is 391 g/mol. The maximum atomic E-state index is 12.9. The Kier molecular flexibility index (Phi) is 5.31. The summed E-state index contributed by atoms with van der Waals surface area (Å²) in [7, 11) is 0. The molecule has 2 N–H and O–H groups in total. The maximum absolute atomic E-state index is 12.9. The van der Waals surface area contributed by atoms with E-state index in [0.717, 1.165) is 17.7 Å². The first-order valence-corrected chi connectivity index (χ1v) is 8.79. The molecule has 0 spiro atoms. The van der Waals surface area contributed by atoms with Crippen molar-refractivity contribution >= 4 is 17.5 Å². The van der Waals surface area contributed by atoms with Crippen LogP contribution in [0.4, 0.5) is 18.9 Å². The summed E-state index contributed by atoms with van der Waals surface area (Å²) in [4.78, 5) is 28.4. The monoisotopic (exact) mass is 391 g/mol. The van der Waals surface area contributed by atoms with Crippen molar-refractivity contribution in [2.75, 3.05) is 31.9 Å². The zero-order chi connectivity index (χ0) is 20.5. The van der Waals surface area contributed by atoms with Crippen molar-refractivity contribution in [3.05, 3.63) is 64.7 Å². The molecule has 0 atom stereocenters. The highest BCUT2D eigenvalue weighted by Crippen LogP contribution is 2.30. The number of nitrogen functional groups attached to an aromatic ring is 1. The Morgan fingerprint density at radius 1 is 0.929 bits per heavy atom. The molecule has 148 valence electrons. The number of hydrogen-bond donors (Lipinski definition) is 1. The molecule has 0 aromatic heterocycles. The van der Waals surface area contributed by atoms with Gasteiger partial charge in [0.15, 0.2) is 0 Å². The van der Waals surface area contributed by atoms with Gasteiger partial charge in [0, 0.05) is 43.0 Å². The molecule has 1 saturated heterocycles. The van der Waals surface area contributed by atoms with E-state index in [1.165, 1.54) is 17.0 Å². The lowest BCUT2D eigenvalue weighted by atomic mass is 10.1. The minimum absolute atomic E-state index is 0.0127. The van der Waals surface area contributed by atoms with Crippen LogP contribution in [0.25, 0.3) is 0 Å². The molecule has 1 heterocycles. The van der Waals surface area contributed by atoms with Crippen LogP contribution in [0.5, 0.6) is 0 Å². The summed E-state index contributed by atoms with van der Waals surface area (Å²) in [6.45, 7) is 2.93. The largest absolute Gasteiger partial charge is 0.416 e. The molecular formula is C20H20F3N3O2. The predicted octanol–water partition coefficient (Wildman–Crippen LogP) is 3.19. The number of anilines is 1. The fourth-order valence-corrected chi connectivity index (χ4v) is 3.16. The van der Waals surface area contributed by atoms with Crippen LogP contribution in [0.15, 0.2) is 42.5 Å². The minimum atomic E-state index is -4.50. The molecule has 1 aliphatic heterocycles. The highest BCUT2D eigenvalue weighted by atomic mass is 19.4. The molecule has 0 saturated carbocycles. The number of halogens is 3. The number of carbonyl (C=O) groups excluding carboxylic acids is 2. The standard InChI is InChI=1S/C20H20F3N3O2/c1-13-5-6-16(24)12-17(13)19(28)26-9-7-25(8-10-26)18(27)14-3-2-4-15(11-14)20(21,22)23/h2-6,11-12H,7-10,24H2,1H3. The number of aryl methyl sites for hydroxylation is 1. The minimum Gasteiger partial charge on any atom is -0.399 e. The van der Waals surface area contributed by atoms with E-state index >= 15 is 0 Å². The molecule has 1 aliphatic rings. The third kappa shape index (κ3) is 4.11. The van der Waals surface area contributed by atoms with Gasteiger partial charge in [0.05, 0.1) is 5.56 Å². The van der Waals surface area contributed by atoms with E-state index < -0.39 is 17.6 Å². The molecular weight excluding hydrogens is 371 g/mol. The summed E-state index contributed by atoms with van der Waals surface area (Å²) < 4.78 is 38.6. The molecule has 0 unspecified atom stereocenters. The first kappa shape index (κ1) is 19.7. The first-order valence-electron chi connectivity index (χ1n) is 8.79. The van der Waals surface area contributed by atoms with Crippen LogP contribution >= 0.6 is 0 Å². The van der Waals surface area contributed by atoms with E-state index in [1.807, 2.05) is 6.92 Å². The summed E-state index contributed by atoms with van der Waals surface area (Å²) in [5.74, 6) is -0.644. The number of amides is 2. The molecule has 0 radical (unpaired) electrons. The SMILES string of the molecule is Cc1ccc(N)cc1C(=O)N1CCN(C(=O)c2cccc(C(F)(F)F)c2)CC1. The molecule has 2 aromatic carbocycles. The number of hydrogen-bond acceptors (Lipinski definition) is 3. The van der Waals surface area contributed by atoms with Crippen LogP contribution < -0.4 is 5.73 Å². The Labute approximate surface area is 160 Å². The lowest BCUT2D eigenvalue weighted by Crippen LogP contribution is -2.50. The van der Waals surface area contributed by atoms with E-state index in [-0.39, 0.29) is 24.6 Å². The van der Waals surface area contributed by atoms with Crippen molar-refractivity contribution in [3.63, 3.8) is 0 Å². The average Bonchev–Trinajstić information content (AvgIpc) is 2.68. The van der Waals surface area contributed by atoms with Crippen molar-refractivity contribution < 1.29 is 22.8 Å². The normalized spacial score (nSPS) is 14.9. The van der Waals surface area contributed by atoms with E-state index in [9.17, 15) is 22.8 Å². The van der Waals surface area contributed by atoms with Crippen LogP contribution in [-0.2, 0) is 6.18 Å². The van der Waals surface area contributed by atoms with E-state index in [2.05, 4.69) is 0 Å². The molecule has 28 heavy (non-hydrogen) atoms. The summed E-state index contributed by atoms with van der Waals surface area (Å²) in [5, 5.41) is 0.